The Kier molecular flexibility index (Phi) is 9.33. The number of sulfonamides is 1. The number of pyridine rings is 1. The van der Waals surface area contributed by atoms with Crippen LogP contribution >= 0.6 is 0 Å². The van der Waals surface area contributed by atoms with Crippen molar-refractivity contribution in [2.24, 2.45) is 16.6 Å². The fourth-order valence-electron chi connectivity index (χ4n) is 3.01. The van der Waals surface area contributed by atoms with Crippen LogP contribution in [-0.2, 0) is 24.4 Å². The van der Waals surface area contributed by atoms with Crippen LogP contribution in [-0.4, -0.2) is 62.3 Å². The van der Waals surface area contributed by atoms with E-state index in [-0.39, 0.29) is 28.7 Å². The summed E-state index contributed by atoms with van der Waals surface area (Å²) >= 11 is 0. The zero-order valence-corrected chi connectivity index (χ0v) is 21.2. The van der Waals surface area contributed by atoms with Crippen LogP contribution in [0.3, 0.4) is 0 Å². The number of nitrogens with one attached hydrogen (secondary N) is 1. The van der Waals surface area contributed by atoms with Gasteiger partial charge >= 0.3 is 17.7 Å². The van der Waals surface area contributed by atoms with Crippen LogP contribution in [0.4, 0.5) is 18.9 Å². The number of oxime groups is 1. The minimum atomic E-state index is -5.50. The van der Waals surface area contributed by atoms with E-state index < -0.39 is 50.9 Å². The van der Waals surface area contributed by atoms with Crippen molar-refractivity contribution in [3.63, 3.8) is 0 Å². The molecule has 0 fully saturated rings. The third-order valence-electron chi connectivity index (χ3n) is 4.90. The quantitative estimate of drug-likeness (QED) is 0.158. The van der Waals surface area contributed by atoms with Gasteiger partial charge in [-0.25, -0.2) is 13.2 Å². The molecule has 1 heterocycles. The second kappa shape index (κ2) is 11.8. The Bertz CT molecular complexity index is 1390. The van der Waals surface area contributed by atoms with E-state index in [1.54, 1.807) is 13.0 Å². The number of carbonyl (C=O) groups excluding carboxylic acids is 2. The fraction of sp³-hybridized carbons (Fsp3) is 0.333. The lowest BCUT2D eigenvalue weighted by atomic mass is 10.1. The average molecular weight is 563 g/mol. The van der Waals surface area contributed by atoms with E-state index in [1.165, 1.54) is 32.2 Å². The van der Waals surface area contributed by atoms with Gasteiger partial charge in [-0.3, -0.25) is 14.3 Å². The number of benzene rings is 1. The number of amides is 1. The summed E-state index contributed by atoms with van der Waals surface area (Å²) in [5, 5.41) is 3.27. The zero-order valence-electron chi connectivity index (χ0n) is 20.4. The number of anilines is 1. The molecule has 0 aliphatic heterocycles. The molecule has 0 aliphatic rings. The Hall–Kier alpha value is -4.28. The summed E-state index contributed by atoms with van der Waals surface area (Å²) in [5.41, 5.74) is 8.14. The molecule has 0 saturated heterocycles. The summed E-state index contributed by atoms with van der Waals surface area (Å²) in [4.78, 5) is 47.3. The maximum atomic E-state index is 13.0. The third-order valence-corrected chi connectivity index (χ3v) is 6.26. The number of likely N-dealkylation sites (N-methyl/N-ethyl adjacent to an activating group) is 1. The van der Waals surface area contributed by atoms with Crippen molar-refractivity contribution in [2.75, 3.05) is 24.9 Å². The molecule has 208 valence electrons. The number of aryl methyl sites for hydroxylation is 1. The molecule has 13 nitrogen and oxygen atoms in total. The van der Waals surface area contributed by atoms with Gasteiger partial charge in [0.1, 0.15) is 12.3 Å². The highest BCUT2D eigenvalue weighted by Crippen LogP contribution is 2.21. The summed E-state index contributed by atoms with van der Waals surface area (Å²) < 4.78 is 66.2. The van der Waals surface area contributed by atoms with Crippen molar-refractivity contribution in [1.82, 2.24) is 9.63 Å². The molecule has 1 unspecified atom stereocenters. The van der Waals surface area contributed by atoms with Gasteiger partial charge in [-0.1, -0.05) is 12.1 Å². The average Bonchev–Trinajstić information content (AvgIpc) is 2.82. The maximum Gasteiger partial charge on any atom is 0.493 e. The Morgan fingerprint density at radius 1 is 1.21 bits per heavy atom. The van der Waals surface area contributed by atoms with Crippen LogP contribution in [0, 0.1) is 6.92 Å². The van der Waals surface area contributed by atoms with E-state index in [4.69, 9.17) is 16.3 Å². The number of carbonyl (C=O) groups is 2. The molecule has 0 bridgehead atoms. The van der Waals surface area contributed by atoms with Gasteiger partial charge in [0.15, 0.2) is 0 Å². The predicted octanol–water partition coefficient (Wildman–Crippen LogP) is 0.242. The minimum absolute atomic E-state index is 0.0686. The SMILES string of the molecule is Cc1cccc(S(=O)(=O)Nc2ccc(C(C)C(=O)N(C)CCON=C(N)N)n(OC(=O)C(F)(F)F)c2=O)c1. The maximum absolute atomic E-state index is 13.0. The van der Waals surface area contributed by atoms with E-state index in [9.17, 15) is 36.0 Å². The summed E-state index contributed by atoms with van der Waals surface area (Å²) in [6, 6.07) is 7.52. The number of hydrogen-bond donors (Lipinski definition) is 3. The van der Waals surface area contributed by atoms with Crippen molar-refractivity contribution in [2.45, 2.75) is 30.8 Å². The number of halogens is 3. The fourth-order valence-corrected chi connectivity index (χ4v) is 4.17. The number of hydrogen-bond acceptors (Lipinski definition) is 8. The Morgan fingerprint density at radius 2 is 1.87 bits per heavy atom. The standard InChI is InChI=1S/C21H25F3N6O7S/c1-12-5-4-6-14(11-12)38(34,35)28-15-7-8-16(30(18(15)32)37-19(33)21(22,23)24)13(2)17(31)29(3)9-10-36-27-20(25)26/h4-8,11,13,28H,9-10H2,1-3H3,(H4,25,26,27). The Labute approximate surface area is 214 Å². The molecule has 38 heavy (non-hydrogen) atoms. The van der Waals surface area contributed by atoms with Crippen LogP contribution < -0.4 is 26.6 Å². The monoisotopic (exact) mass is 562 g/mol. The van der Waals surface area contributed by atoms with Crippen molar-refractivity contribution in [1.29, 1.82) is 0 Å². The first-order valence-corrected chi connectivity index (χ1v) is 12.1. The van der Waals surface area contributed by atoms with Crippen molar-refractivity contribution < 1.29 is 40.9 Å². The topological polar surface area (TPSA) is 188 Å². The molecule has 1 atom stereocenters. The molecule has 1 aromatic carbocycles. The number of rotatable bonds is 10. The van der Waals surface area contributed by atoms with E-state index in [2.05, 4.69) is 9.99 Å². The summed E-state index contributed by atoms with van der Waals surface area (Å²) in [6.45, 7) is 2.64. The predicted molar refractivity (Wildman–Crippen MR) is 128 cm³/mol. The smallest absolute Gasteiger partial charge is 0.391 e. The van der Waals surface area contributed by atoms with Gasteiger partial charge in [-0.15, -0.1) is 4.73 Å². The van der Waals surface area contributed by atoms with Gasteiger partial charge < -0.3 is 26.0 Å². The van der Waals surface area contributed by atoms with Crippen molar-refractivity contribution in [3.8, 4) is 0 Å². The molecule has 2 aromatic rings. The normalized spacial score (nSPS) is 12.3. The molecule has 0 saturated carbocycles. The van der Waals surface area contributed by atoms with E-state index >= 15 is 0 Å². The lowest BCUT2D eigenvalue weighted by molar-refractivity contribution is -0.200. The molecule has 0 radical (unpaired) electrons. The van der Waals surface area contributed by atoms with E-state index in [1.807, 2.05) is 4.72 Å². The first-order valence-electron chi connectivity index (χ1n) is 10.7. The van der Waals surface area contributed by atoms with Gasteiger partial charge in [-0.05, 0) is 48.8 Å². The lowest BCUT2D eigenvalue weighted by Gasteiger charge is -2.23. The Morgan fingerprint density at radius 3 is 2.45 bits per heavy atom. The molecule has 1 aromatic heterocycles. The second-order valence-electron chi connectivity index (χ2n) is 7.90. The van der Waals surface area contributed by atoms with Crippen molar-refractivity contribution in [3.05, 3.63) is 58.0 Å². The molecule has 0 aliphatic carbocycles. The van der Waals surface area contributed by atoms with Gasteiger partial charge in [0.05, 0.1) is 23.1 Å². The van der Waals surface area contributed by atoms with Crippen LogP contribution in [0.1, 0.15) is 24.1 Å². The molecular weight excluding hydrogens is 537 g/mol. The van der Waals surface area contributed by atoms with Gasteiger partial charge in [-0.2, -0.15) is 13.2 Å². The molecular formula is C21H25F3N6O7S. The second-order valence-corrected chi connectivity index (χ2v) is 9.58. The summed E-state index contributed by atoms with van der Waals surface area (Å²) in [5.74, 6) is -5.18. The van der Waals surface area contributed by atoms with Crippen molar-refractivity contribution >= 4 is 33.5 Å². The number of aromatic nitrogens is 1. The summed E-state index contributed by atoms with van der Waals surface area (Å²) in [6.07, 6.45) is -5.50. The third kappa shape index (κ3) is 7.61. The van der Waals surface area contributed by atoms with E-state index in [0.29, 0.717) is 5.56 Å². The first-order chi connectivity index (χ1) is 17.5. The van der Waals surface area contributed by atoms with Crippen LogP contribution in [0.15, 0.2) is 51.2 Å². The molecule has 1 amide bonds. The minimum Gasteiger partial charge on any atom is -0.391 e. The largest absolute Gasteiger partial charge is 0.493 e. The zero-order chi connectivity index (χ0) is 28.8. The van der Waals surface area contributed by atoms with Gasteiger partial charge in [0, 0.05) is 7.05 Å². The first kappa shape index (κ1) is 29.9. The number of nitrogens with two attached hydrogens (primary N) is 2. The lowest BCUT2D eigenvalue weighted by Crippen LogP contribution is -2.42. The highest BCUT2D eigenvalue weighted by atomic mass is 32.2. The highest BCUT2D eigenvalue weighted by Gasteiger charge is 2.43. The van der Waals surface area contributed by atoms with Crippen LogP contribution in [0.5, 0.6) is 0 Å². The summed E-state index contributed by atoms with van der Waals surface area (Å²) in [7, 11) is -3.03. The van der Waals surface area contributed by atoms with Crippen LogP contribution in [0.25, 0.3) is 0 Å². The molecule has 5 N–H and O–H groups in total. The number of nitrogens with zero attached hydrogens (tertiary/aromatic N) is 3. The molecule has 0 spiro atoms. The van der Waals surface area contributed by atoms with Crippen LogP contribution in [0.2, 0.25) is 0 Å². The number of guanidine groups is 1. The molecule has 2 rings (SSSR count). The number of alkyl halides is 3. The van der Waals surface area contributed by atoms with Gasteiger partial charge in [0.2, 0.25) is 11.9 Å². The van der Waals surface area contributed by atoms with E-state index in [0.717, 1.165) is 17.0 Å². The highest BCUT2D eigenvalue weighted by molar-refractivity contribution is 7.92. The van der Waals surface area contributed by atoms with Gasteiger partial charge in [0.25, 0.3) is 10.0 Å². The molecule has 17 heteroatoms. The Balaban J connectivity index is 2.46.